The summed E-state index contributed by atoms with van der Waals surface area (Å²) in [6.07, 6.45) is 6.13. The summed E-state index contributed by atoms with van der Waals surface area (Å²) in [5, 5.41) is 18.3. The number of aryl methyl sites for hydroxylation is 1. The fourth-order valence-electron chi connectivity index (χ4n) is 4.08. The number of rotatable bonds is 6. The largest absolute Gasteiger partial charge is 0.618 e. The summed E-state index contributed by atoms with van der Waals surface area (Å²) in [4.78, 5) is 4.53. The highest BCUT2D eigenvalue weighted by Crippen LogP contribution is 2.39. The zero-order chi connectivity index (χ0) is 20.5. The van der Waals surface area contributed by atoms with Gasteiger partial charge in [0.2, 0.25) is 5.52 Å². The van der Waals surface area contributed by atoms with E-state index in [1.807, 2.05) is 36.4 Å². The lowest BCUT2D eigenvalue weighted by atomic mass is 9.96. The van der Waals surface area contributed by atoms with Gasteiger partial charge in [-0.15, -0.1) is 11.6 Å². The molecule has 30 heavy (non-hydrogen) atoms. The lowest BCUT2D eigenvalue weighted by molar-refractivity contribution is -0.576. The van der Waals surface area contributed by atoms with Crippen LogP contribution in [0.4, 0.5) is 0 Å². The van der Waals surface area contributed by atoms with Crippen molar-refractivity contribution in [1.82, 2.24) is 14.8 Å². The first-order valence-electron chi connectivity index (χ1n) is 10.1. The highest BCUT2D eigenvalue weighted by Gasteiger charge is 2.26. The molecule has 1 aromatic carbocycles. The van der Waals surface area contributed by atoms with Gasteiger partial charge in [-0.2, -0.15) is 9.83 Å². The molecule has 4 aromatic rings. The quantitative estimate of drug-likeness (QED) is 0.201. The Labute approximate surface area is 179 Å². The van der Waals surface area contributed by atoms with Crippen LogP contribution in [0.3, 0.4) is 0 Å². The van der Waals surface area contributed by atoms with Crippen molar-refractivity contribution in [3.63, 3.8) is 0 Å². The molecule has 0 N–H and O–H groups in total. The number of pyridine rings is 2. The number of aromatic nitrogens is 4. The molecule has 5 rings (SSSR count). The molecule has 0 spiro atoms. The van der Waals surface area contributed by atoms with E-state index in [0.29, 0.717) is 23.8 Å². The Kier molecular flexibility index (Phi) is 5.01. The maximum Gasteiger partial charge on any atom is 0.228 e. The summed E-state index contributed by atoms with van der Waals surface area (Å²) >= 11 is 5.73. The maximum absolute atomic E-state index is 12.6. The van der Waals surface area contributed by atoms with Gasteiger partial charge in [0, 0.05) is 41.5 Å². The van der Waals surface area contributed by atoms with Crippen LogP contribution in [0.5, 0.6) is 5.75 Å². The molecule has 3 aromatic heterocycles. The third kappa shape index (κ3) is 3.27. The monoisotopic (exact) mass is 420 g/mol. The van der Waals surface area contributed by atoms with Gasteiger partial charge in [0.25, 0.3) is 0 Å². The number of hydrogen-bond donors (Lipinski definition) is 0. The van der Waals surface area contributed by atoms with E-state index in [4.69, 9.17) is 21.4 Å². The standard InChI is InChI=1S/C23H21ClN4O2/c24-10-4-14-30-16-7-8-17-18(9-13-28(29)21(17)15-16)22-20-6-3-12-27(20)26-23(22)19-5-1-2-11-25-19/h1-2,5,7-9,11,13,15H,3-4,6,10,12,14H2. The number of benzene rings is 1. The van der Waals surface area contributed by atoms with Gasteiger partial charge in [0.15, 0.2) is 6.20 Å². The van der Waals surface area contributed by atoms with E-state index in [9.17, 15) is 5.21 Å². The highest BCUT2D eigenvalue weighted by molar-refractivity contribution is 6.17. The van der Waals surface area contributed by atoms with Gasteiger partial charge in [-0.3, -0.25) is 9.67 Å². The van der Waals surface area contributed by atoms with Crippen LogP contribution in [-0.4, -0.2) is 27.3 Å². The SMILES string of the molecule is [O-][n+]1ccc(-c2c(-c3ccccn3)nn3c2CCC3)c2ccc(OCCCCl)cc21. The molecular formula is C23H21ClN4O2. The van der Waals surface area contributed by atoms with E-state index in [1.165, 1.54) is 5.69 Å². The molecule has 0 unspecified atom stereocenters. The molecule has 1 aliphatic heterocycles. The van der Waals surface area contributed by atoms with Crippen LogP contribution in [-0.2, 0) is 13.0 Å². The molecule has 0 amide bonds. The molecule has 0 fully saturated rings. The first kappa shape index (κ1) is 18.9. The fraction of sp³-hybridized carbons (Fsp3) is 0.261. The van der Waals surface area contributed by atoms with Crippen molar-refractivity contribution in [2.24, 2.45) is 0 Å². The van der Waals surface area contributed by atoms with Crippen molar-refractivity contribution < 1.29 is 9.47 Å². The molecule has 0 radical (unpaired) electrons. The van der Waals surface area contributed by atoms with Gasteiger partial charge in [0.05, 0.1) is 23.8 Å². The molecule has 0 bridgehead atoms. The number of hydrogen-bond acceptors (Lipinski definition) is 4. The molecular weight excluding hydrogens is 400 g/mol. The Hall–Kier alpha value is -3.12. The molecule has 1 aliphatic rings. The summed E-state index contributed by atoms with van der Waals surface area (Å²) in [5.74, 6) is 1.21. The van der Waals surface area contributed by atoms with E-state index in [-0.39, 0.29) is 0 Å². The van der Waals surface area contributed by atoms with Crippen LogP contribution in [0.1, 0.15) is 18.5 Å². The van der Waals surface area contributed by atoms with Crippen molar-refractivity contribution in [3.05, 3.63) is 65.8 Å². The van der Waals surface area contributed by atoms with Crippen molar-refractivity contribution in [3.8, 4) is 28.3 Å². The number of ether oxygens (including phenoxy) is 1. The maximum atomic E-state index is 12.6. The average molecular weight is 421 g/mol. The second-order valence-electron chi connectivity index (χ2n) is 7.34. The number of halogens is 1. The second kappa shape index (κ2) is 7.95. The lowest BCUT2D eigenvalue weighted by Gasteiger charge is -2.11. The Morgan fingerprint density at radius 1 is 1.20 bits per heavy atom. The van der Waals surface area contributed by atoms with E-state index >= 15 is 0 Å². The minimum atomic E-state index is 0.522. The number of fused-ring (bicyclic) bond motifs is 2. The third-order valence-electron chi connectivity index (χ3n) is 5.44. The third-order valence-corrected chi connectivity index (χ3v) is 5.71. The van der Waals surface area contributed by atoms with Crippen LogP contribution >= 0.6 is 11.6 Å². The number of nitrogens with zero attached hydrogens (tertiary/aromatic N) is 4. The van der Waals surface area contributed by atoms with Crippen molar-refractivity contribution in [1.29, 1.82) is 0 Å². The van der Waals surface area contributed by atoms with Crippen molar-refractivity contribution >= 4 is 22.5 Å². The minimum absolute atomic E-state index is 0.522. The Morgan fingerprint density at radius 3 is 2.97 bits per heavy atom. The highest BCUT2D eigenvalue weighted by atomic mass is 35.5. The van der Waals surface area contributed by atoms with Gasteiger partial charge in [-0.25, -0.2) is 0 Å². The van der Waals surface area contributed by atoms with E-state index < -0.39 is 0 Å². The summed E-state index contributed by atoms with van der Waals surface area (Å²) < 4.78 is 8.71. The second-order valence-corrected chi connectivity index (χ2v) is 7.72. The summed E-state index contributed by atoms with van der Waals surface area (Å²) in [6, 6.07) is 13.4. The van der Waals surface area contributed by atoms with Crippen LogP contribution in [0, 0.1) is 5.21 Å². The fourth-order valence-corrected chi connectivity index (χ4v) is 4.19. The molecule has 4 heterocycles. The summed E-state index contributed by atoms with van der Waals surface area (Å²) in [6.45, 7) is 1.42. The normalized spacial score (nSPS) is 13.0. The molecule has 6 nitrogen and oxygen atoms in total. The van der Waals surface area contributed by atoms with E-state index in [2.05, 4.69) is 9.67 Å². The first-order chi connectivity index (χ1) is 14.8. The summed E-state index contributed by atoms with van der Waals surface area (Å²) in [7, 11) is 0. The van der Waals surface area contributed by atoms with Crippen molar-refractivity contribution in [2.75, 3.05) is 12.5 Å². The topological polar surface area (TPSA) is 66.9 Å². The molecule has 0 aliphatic carbocycles. The lowest BCUT2D eigenvalue weighted by Crippen LogP contribution is -2.26. The van der Waals surface area contributed by atoms with Crippen LogP contribution in [0.25, 0.3) is 33.4 Å². The van der Waals surface area contributed by atoms with Crippen LogP contribution < -0.4 is 9.47 Å². The molecule has 0 saturated heterocycles. The summed E-state index contributed by atoms with van der Waals surface area (Å²) in [5.41, 5.74) is 5.52. The number of alkyl halides is 1. The minimum Gasteiger partial charge on any atom is -0.618 e. The first-order valence-corrected chi connectivity index (χ1v) is 10.7. The molecule has 152 valence electrons. The molecule has 7 heteroatoms. The van der Waals surface area contributed by atoms with Gasteiger partial charge < -0.3 is 9.94 Å². The molecule has 0 saturated carbocycles. The predicted octanol–water partition coefficient (Wildman–Crippen LogP) is 4.35. The Bertz CT molecular complexity index is 1210. The average Bonchev–Trinajstić information content (AvgIpc) is 3.37. The van der Waals surface area contributed by atoms with Gasteiger partial charge in [-0.1, -0.05) is 6.07 Å². The van der Waals surface area contributed by atoms with Crippen LogP contribution in [0.15, 0.2) is 54.9 Å². The van der Waals surface area contributed by atoms with Gasteiger partial charge in [0.1, 0.15) is 11.4 Å². The molecule has 0 atom stereocenters. The zero-order valence-corrected chi connectivity index (χ0v) is 17.2. The van der Waals surface area contributed by atoms with Crippen molar-refractivity contribution in [2.45, 2.75) is 25.8 Å². The Balaban J connectivity index is 1.68. The smallest absolute Gasteiger partial charge is 0.228 e. The van der Waals surface area contributed by atoms with E-state index in [1.54, 1.807) is 18.5 Å². The zero-order valence-electron chi connectivity index (χ0n) is 16.4. The van der Waals surface area contributed by atoms with E-state index in [0.717, 1.165) is 58.4 Å². The Morgan fingerprint density at radius 2 is 2.13 bits per heavy atom. The van der Waals surface area contributed by atoms with Gasteiger partial charge >= 0.3 is 0 Å². The van der Waals surface area contributed by atoms with Crippen LogP contribution in [0.2, 0.25) is 0 Å². The van der Waals surface area contributed by atoms with Gasteiger partial charge in [-0.05, 0) is 43.5 Å². The predicted molar refractivity (Wildman–Crippen MR) is 117 cm³/mol.